The van der Waals surface area contributed by atoms with Gasteiger partial charge in [-0.25, -0.2) is 0 Å². The third kappa shape index (κ3) is 2.60. The first-order valence-corrected chi connectivity index (χ1v) is 8.12. The lowest BCUT2D eigenvalue weighted by Crippen LogP contribution is -2.31. The Kier molecular flexibility index (Phi) is 3.80. The number of amides is 1. The molecule has 2 aromatic rings. The average Bonchev–Trinajstić information content (AvgIpc) is 3.15. The zero-order chi connectivity index (χ0) is 15.0. The number of rotatable bonds is 3. The number of aryl methyl sites for hydroxylation is 3. The fourth-order valence-electron chi connectivity index (χ4n) is 2.82. The van der Waals surface area contributed by atoms with Gasteiger partial charge in [0.25, 0.3) is 5.91 Å². The zero-order valence-corrected chi connectivity index (χ0v) is 13.4. The highest BCUT2D eigenvalue weighted by atomic mass is 32.1. The fourth-order valence-corrected chi connectivity index (χ4v) is 3.74. The minimum Gasteiger partial charge on any atom is -0.339 e. The molecule has 3 heterocycles. The van der Waals surface area contributed by atoms with Gasteiger partial charge in [-0.1, -0.05) is 12.1 Å². The number of hydrogen-bond acceptors (Lipinski definition) is 5. The summed E-state index contributed by atoms with van der Waals surface area (Å²) in [5.74, 6) is 1.36. The largest absolute Gasteiger partial charge is 0.339 e. The molecule has 2 aromatic heterocycles. The summed E-state index contributed by atoms with van der Waals surface area (Å²) in [6, 6.07) is 1.92. The molecular formula is C15H19N3O2S. The highest BCUT2D eigenvalue weighted by Crippen LogP contribution is 2.33. The topological polar surface area (TPSA) is 59.2 Å². The molecular weight excluding hydrogens is 286 g/mol. The number of thiophene rings is 1. The average molecular weight is 305 g/mol. The molecule has 1 saturated heterocycles. The fraction of sp³-hybridized carbons (Fsp3) is 0.533. The molecule has 1 fully saturated rings. The zero-order valence-electron chi connectivity index (χ0n) is 12.5. The van der Waals surface area contributed by atoms with Crippen LogP contribution in [0.5, 0.6) is 0 Å². The summed E-state index contributed by atoms with van der Waals surface area (Å²) >= 11 is 1.66. The highest BCUT2D eigenvalue weighted by molar-refractivity contribution is 7.12. The number of carbonyl (C=O) groups excluding carboxylic acids is 1. The Labute approximate surface area is 128 Å². The second-order valence-electron chi connectivity index (χ2n) is 5.38. The van der Waals surface area contributed by atoms with Crippen LogP contribution in [0.3, 0.4) is 0 Å². The van der Waals surface area contributed by atoms with Crippen LogP contribution in [0.2, 0.25) is 0 Å². The van der Waals surface area contributed by atoms with Crippen molar-refractivity contribution in [3.05, 3.63) is 33.1 Å². The lowest BCUT2D eigenvalue weighted by atomic mass is 10.1. The van der Waals surface area contributed by atoms with Crippen molar-refractivity contribution in [2.75, 3.05) is 6.54 Å². The molecule has 0 unspecified atom stereocenters. The molecule has 0 radical (unpaired) electrons. The van der Waals surface area contributed by atoms with Gasteiger partial charge >= 0.3 is 0 Å². The van der Waals surface area contributed by atoms with E-state index in [-0.39, 0.29) is 11.9 Å². The quantitative estimate of drug-likeness (QED) is 0.873. The van der Waals surface area contributed by atoms with Gasteiger partial charge < -0.3 is 9.42 Å². The summed E-state index contributed by atoms with van der Waals surface area (Å²) in [6.07, 6.45) is 2.60. The summed E-state index contributed by atoms with van der Waals surface area (Å²) in [4.78, 5) is 21.3. The van der Waals surface area contributed by atoms with Crippen LogP contribution >= 0.6 is 11.3 Å². The molecule has 0 aliphatic carbocycles. The van der Waals surface area contributed by atoms with Gasteiger partial charge in [0, 0.05) is 22.7 Å². The van der Waals surface area contributed by atoms with E-state index >= 15 is 0 Å². The Morgan fingerprint density at radius 3 is 2.95 bits per heavy atom. The maximum atomic E-state index is 12.8. The minimum atomic E-state index is -0.0545. The third-order valence-electron chi connectivity index (χ3n) is 3.87. The van der Waals surface area contributed by atoms with E-state index in [9.17, 15) is 4.79 Å². The Morgan fingerprint density at radius 1 is 1.52 bits per heavy atom. The number of aromatic nitrogens is 2. The Bertz CT molecular complexity index is 662. The molecule has 112 valence electrons. The standard InChI is InChI=1S/C15H19N3O2S/c1-4-13-16-14(17-20-13)12-6-5-7-18(12)15(19)11-8-9(2)21-10(11)3/h8,12H,4-7H2,1-3H3/t12-/m0/s1. The number of nitrogens with zero attached hydrogens (tertiary/aromatic N) is 3. The van der Waals surface area contributed by atoms with Gasteiger partial charge in [0.1, 0.15) is 0 Å². The summed E-state index contributed by atoms with van der Waals surface area (Å²) in [7, 11) is 0. The lowest BCUT2D eigenvalue weighted by Gasteiger charge is -2.22. The first-order chi connectivity index (χ1) is 10.1. The van der Waals surface area contributed by atoms with Gasteiger partial charge in [0.2, 0.25) is 5.89 Å². The number of carbonyl (C=O) groups is 1. The van der Waals surface area contributed by atoms with Crippen LogP contribution in [0.25, 0.3) is 0 Å². The smallest absolute Gasteiger partial charge is 0.255 e. The summed E-state index contributed by atoms with van der Waals surface area (Å²) in [5, 5.41) is 4.05. The summed E-state index contributed by atoms with van der Waals surface area (Å²) in [6.45, 7) is 6.77. The van der Waals surface area contributed by atoms with E-state index < -0.39 is 0 Å². The molecule has 0 bridgehead atoms. The van der Waals surface area contributed by atoms with E-state index in [0.29, 0.717) is 11.7 Å². The number of hydrogen-bond donors (Lipinski definition) is 0. The molecule has 1 amide bonds. The van der Waals surface area contributed by atoms with Gasteiger partial charge in [-0.15, -0.1) is 11.3 Å². The minimum absolute atomic E-state index is 0.0545. The first kappa shape index (κ1) is 14.3. The Morgan fingerprint density at radius 2 is 2.33 bits per heavy atom. The summed E-state index contributed by atoms with van der Waals surface area (Å²) in [5.41, 5.74) is 0.809. The first-order valence-electron chi connectivity index (χ1n) is 7.30. The van der Waals surface area contributed by atoms with E-state index in [4.69, 9.17) is 4.52 Å². The molecule has 5 nitrogen and oxygen atoms in total. The highest BCUT2D eigenvalue weighted by Gasteiger charge is 2.34. The molecule has 6 heteroatoms. The van der Waals surface area contributed by atoms with Gasteiger partial charge in [0.15, 0.2) is 5.82 Å². The van der Waals surface area contributed by atoms with Crippen LogP contribution in [0.15, 0.2) is 10.6 Å². The molecule has 0 saturated carbocycles. The van der Waals surface area contributed by atoms with Crippen molar-refractivity contribution >= 4 is 17.2 Å². The van der Waals surface area contributed by atoms with E-state index in [1.165, 1.54) is 4.88 Å². The van der Waals surface area contributed by atoms with Crippen LogP contribution in [0.1, 0.15) is 57.6 Å². The van der Waals surface area contributed by atoms with Gasteiger partial charge in [-0.05, 0) is 32.8 Å². The molecule has 0 aromatic carbocycles. The van der Waals surface area contributed by atoms with Crippen LogP contribution in [-0.2, 0) is 6.42 Å². The van der Waals surface area contributed by atoms with E-state index in [2.05, 4.69) is 10.1 Å². The predicted molar refractivity (Wildman–Crippen MR) is 80.5 cm³/mol. The SMILES string of the molecule is CCc1nc([C@@H]2CCCN2C(=O)c2cc(C)sc2C)no1. The van der Waals surface area contributed by atoms with Crippen molar-refractivity contribution in [1.29, 1.82) is 0 Å². The lowest BCUT2D eigenvalue weighted by molar-refractivity contribution is 0.0728. The van der Waals surface area contributed by atoms with Crippen molar-refractivity contribution < 1.29 is 9.32 Å². The van der Waals surface area contributed by atoms with Gasteiger partial charge in [0.05, 0.1) is 11.6 Å². The van der Waals surface area contributed by atoms with Crippen LogP contribution < -0.4 is 0 Å². The number of likely N-dealkylation sites (tertiary alicyclic amines) is 1. The van der Waals surface area contributed by atoms with Gasteiger partial charge in [-0.3, -0.25) is 4.79 Å². The maximum Gasteiger partial charge on any atom is 0.255 e. The van der Waals surface area contributed by atoms with Crippen molar-refractivity contribution in [2.45, 2.75) is 46.1 Å². The van der Waals surface area contributed by atoms with Gasteiger partial charge in [-0.2, -0.15) is 4.98 Å². The van der Waals surface area contributed by atoms with E-state index in [1.807, 2.05) is 31.7 Å². The molecule has 0 N–H and O–H groups in total. The van der Waals surface area contributed by atoms with Crippen molar-refractivity contribution in [3.63, 3.8) is 0 Å². The maximum absolute atomic E-state index is 12.8. The van der Waals surface area contributed by atoms with Crippen molar-refractivity contribution in [1.82, 2.24) is 15.0 Å². The monoisotopic (exact) mass is 305 g/mol. The molecule has 1 aliphatic rings. The molecule has 1 atom stereocenters. The second kappa shape index (κ2) is 5.60. The van der Waals surface area contributed by atoms with Crippen molar-refractivity contribution in [2.24, 2.45) is 0 Å². The van der Waals surface area contributed by atoms with Crippen LogP contribution in [0.4, 0.5) is 0 Å². The van der Waals surface area contributed by atoms with Crippen molar-refractivity contribution in [3.8, 4) is 0 Å². The molecule has 0 spiro atoms. The van der Waals surface area contributed by atoms with Crippen LogP contribution in [0, 0.1) is 13.8 Å². The molecule has 21 heavy (non-hydrogen) atoms. The Balaban J connectivity index is 1.86. The third-order valence-corrected chi connectivity index (χ3v) is 4.84. The molecule has 3 rings (SSSR count). The van der Waals surface area contributed by atoms with E-state index in [1.54, 1.807) is 11.3 Å². The van der Waals surface area contributed by atoms with E-state index in [0.717, 1.165) is 36.2 Å². The normalized spacial score (nSPS) is 18.4. The Hall–Kier alpha value is -1.69. The summed E-state index contributed by atoms with van der Waals surface area (Å²) < 4.78 is 5.19. The second-order valence-corrected chi connectivity index (χ2v) is 6.84. The molecule has 1 aliphatic heterocycles. The van der Waals surface area contributed by atoms with Crippen LogP contribution in [-0.4, -0.2) is 27.5 Å². The predicted octanol–water partition coefficient (Wildman–Crippen LogP) is 3.29.